The number of para-hydroxylation sites is 1. The van der Waals surface area contributed by atoms with Crippen LogP contribution in [0, 0.1) is 11.3 Å². The number of nitrogens with zero attached hydrogens (tertiary/aromatic N) is 1. The van der Waals surface area contributed by atoms with Gasteiger partial charge in [-0.1, -0.05) is 42.5 Å². The molecule has 106 valence electrons. The van der Waals surface area contributed by atoms with Crippen LogP contribution in [-0.4, -0.2) is 6.61 Å². The second-order valence-electron chi connectivity index (χ2n) is 4.14. The summed E-state index contributed by atoms with van der Waals surface area (Å²) in [7, 11) is 0. The molecule has 3 nitrogen and oxygen atoms in total. The molecule has 0 unspecified atom stereocenters. The molecule has 0 aliphatic heterocycles. The quantitative estimate of drug-likeness (QED) is 0.689. The van der Waals surface area contributed by atoms with Gasteiger partial charge in [0.2, 0.25) is 0 Å². The first-order valence-electron chi connectivity index (χ1n) is 6.13. The van der Waals surface area contributed by atoms with Gasteiger partial charge in [0.25, 0.3) is 0 Å². The maximum absolute atomic E-state index is 12.4. The SMILES string of the molecule is N#C/C(=C(/N)c1ccccc1OC(F)F)c1ccccc1. The van der Waals surface area contributed by atoms with Crippen LogP contribution < -0.4 is 10.5 Å². The van der Waals surface area contributed by atoms with Gasteiger partial charge in [-0.25, -0.2) is 0 Å². The molecule has 0 spiro atoms. The Bertz CT molecular complexity index is 691. The Morgan fingerprint density at radius 2 is 1.67 bits per heavy atom. The molecule has 21 heavy (non-hydrogen) atoms. The van der Waals surface area contributed by atoms with Crippen LogP contribution in [0.1, 0.15) is 11.1 Å². The van der Waals surface area contributed by atoms with Gasteiger partial charge in [0.15, 0.2) is 0 Å². The van der Waals surface area contributed by atoms with Crippen LogP contribution in [0.2, 0.25) is 0 Å². The lowest BCUT2D eigenvalue weighted by molar-refractivity contribution is -0.0500. The highest BCUT2D eigenvalue weighted by atomic mass is 19.3. The van der Waals surface area contributed by atoms with Crippen molar-refractivity contribution in [2.45, 2.75) is 6.61 Å². The molecule has 2 rings (SSSR count). The third-order valence-corrected chi connectivity index (χ3v) is 2.84. The molecular formula is C16H12F2N2O. The van der Waals surface area contributed by atoms with E-state index >= 15 is 0 Å². The van der Waals surface area contributed by atoms with Crippen LogP contribution in [0.4, 0.5) is 8.78 Å². The summed E-state index contributed by atoms with van der Waals surface area (Å²) in [5.74, 6) is -0.0614. The first-order chi connectivity index (χ1) is 10.1. The third-order valence-electron chi connectivity index (χ3n) is 2.84. The number of rotatable bonds is 4. The van der Waals surface area contributed by atoms with Crippen molar-refractivity contribution in [1.82, 2.24) is 0 Å². The van der Waals surface area contributed by atoms with E-state index < -0.39 is 6.61 Å². The molecule has 2 aromatic carbocycles. The van der Waals surface area contributed by atoms with E-state index in [-0.39, 0.29) is 22.6 Å². The summed E-state index contributed by atoms with van der Waals surface area (Å²) in [6.45, 7) is -2.96. The lowest BCUT2D eigenvalue weighted by Crippen LogP contribution is -2.07. The summed E-state index contributed by atoms with van der Waals surface area (Å²) in [4.78, 5) is 0. The third kappa shape index (κ3) is 3.37. The Hall–Kier alpha value is -2.87. The molecule has 0 aliphatic rings. The lowest BCUT2D eigenvalue weighted by atomic mass is 10.0. The minimum atomic E-state index is -2.96. The first kappa shape index (κ1) is 14.5. The van der Waals surface area contributed by atoms with Crippen LogP contribution >= 0.6 is 0 Å². The molecule has 0 radical (unpaired) electrons. The maximum atomic E-state index is 12.4. The van der Waals surface area contributed by atoms with Crippen LogP contribution in [0.25, 0.3) is 11.3 Å². The first-order valence-corrected chi connectivity index (χ1v) is 6.13. The van der Waals surface area contributed by atoms with Gasteiger partial charge in [-0.05, 0) is 17.7 Å². The molecule has 5 heteroatoms. The number of alkyl halides is 2. The molecule has 2 aromatic rings. The van der Waals surface area contributed by atoms with E-state index in [1.54, 1.807) is 36.4 Å². The van der Waals surface area contributed by atoms with Crippen molar-refractivity contribution in [1.29, 1.82) is 5.26 Å². The normalized spacial score (nSPS) is 11.7. The van der Waals surface area contributed by atoms with Gasteiger partial charge in [0.05, 0.1) is 11.3 Å². The van der Waals surface area contributed by atoms with E-state index in [9.17, 15) is 14.0 Å². The lowest BCUT2D eigenvalue weighted by Gasteiger charge is -2.12. The van der Waals surface area contributed by atoms with E-state index in [0.717, 1.165) is 0 Å². The number of halogens is 2. The Morgan fingerprint density at radius 3 is 2.29 bits per heavy atom. The molecule has 0 amide bonds. The fourth-order valence-electron chi connectivity index (χ4n) is 1.91. The second-order valence-corrected chi connectivity index (χ2v) is 4.14. The summed E-state index contributed by atoms with van der Waals surface area (Å²) in [5, 5.41) is 9.31. The summed E-state index contributed by atoms with van der Waals surface area (Å²) in [5.41, 5.74) is 7.17. The predicted octanol–water partition coefficient (Wildman–Crippen LogP) is 3.64. The predicted molar refractivity (Wildman–Crippen MR) is 76.1 cm³/mol. The van der Waals surface area contributed by atoms with Crippen molar-refractivity contribution in [2.75, 3.05) is 0 Å². The smallest absolute Gasteiger partial charge is 0.387 e. The molecule has 0 heterocycles. The Morgan fingerprint density at radius 1 is 1.05 bits per heavy atom. The Kier molecular flexibility index (Phi) is 4.52. The number of benzene rings is 2. The zero-order chi connectivity index (χ0) is 15.2. The fraction of sp³-hybridized carbons (Fsp3) is 0.0625. The van der Waals surface area contributed by atoms with Gasteiger partial charge >= 0.3 is 6.61 Å². The van der Waals surface area contributed by atoms with E-state index in [0.29, 0.717) is 5.56 Å². The number of nitrogens with two attached hydrogens (primary N) is 1. The Labute approximate surface area is 120 Å². The molecule has 2 N–H and O–H groups in total. The zero-order valence-corrected chi connectivity index (χ0v) is 11.0. The monoisotopic (exact) mass is 286 g/mol. The molecule has 0 fully saturated rings. The highest BCUT2D eigenvalue weighted by molar-refractivity contribution is 5.97. The largest absolute Gasteiger partial charge is 0.434 e. The maximum Gasteiger partial charge on any atom is 0.387 e. The van der Waals surface area contributed by atoms with E-state index in [2.05, 4.69) is 4.74 Å². The zero-order valence-electron chi connectivity index (χ0n) is 11.0. The molecule has 0 atom stereocenters. The standard InChI is InChI=1S/C16H12F2N2O/c17-16(18)21-14-9-5-4-8-12(14)15(20)13(10-19)11-6-2-1-3-7-11/h1-9,16H,20H2/b15-13-. The Balaban J connectivity index is 2.54. The topological polar surface area (TPSA) is 59.0 Å². The molecular weight excluding hydrogens is 274 g/mol. The van der Waals surface area contributed by atoms with Crippen molar-refractivity contribution >= 4 is 11.3 Å². The van der Waals surface area contributed by atoms with Crippen molar-refractivity contribution < 1.29 is 13.5 Å². The highest BCUT2D eigenvalue weighted by Crippen LogP contribution is 2.29. The van der Waals surface area contributed by atoms with E-state index in [1.165, 1.54) is 12.1 Å². The van der Waals surface area contributed by atoms with E-state index in [4.69, 9.17) is 5.73 Å². The molecule has 0 aromatic heterocycles. The number of ether oxygens (including phenoxy) is 1. The minimum Gasteiger partial charge on any atom is -0.434 e. The van der Waals surface area contributed by atoms with Gasteiger partial charge in [0, 0.05) is 5.56 Å². The van der Waals surface area contributed by atoms with Gasteiger partial charge in [-0.15, -0.1) is 0 Å². The van der Waals surface area contributed by atoms with Crippen LogP contribution in [0.5, 0.6) is 5.75 Å². The summed E-state index contributed by atoms with van der Waals surface area (Å²) < 4.78 is 29.3. The number of allylic oxidation sites excluding steroid dienone is 1. The van der Waals surface area contributed by atoms with Gasteiger partial charge in [-0.2, -0.15) is 14.0 Å². The van der Waals surface area contributed by atoms with Crippen LogP contribution in [-0.2, 0) is 0 Å². The van der Waals surface area contributed by atoms with Crippen LogP contribution in [0.3, 0.4) is 0 Å². The minimum absolute atomic E-state index is 0.0614. The number of hydrogen-bond donors (Lipinski definition) is 1. The molecule has 0 bridgehead atoms. The van der Waals surface area contributed by atoms with Crippen molar-refractivity contribution in [2.24, 2.45) is 5.73 Å². The van der Waals surface area contributed by atoms with E-state index in [1.807, 2.05) is 12.1 Å². The number of nitriles is 1. The van der Waals surface area contributed by atoms with Crippen molar-refractivity contribution in [3.05, 3.63) is 65.7 Å². The summed E-state index contributed by atoms with van der Waals surface area (Å²) in [6.07, 6.45) is 0. The van der Waals surface area contributed by atoms with Crippen LogP contribution in [0.15, 0.2) is 54.6 Å². The molecule has 0 saturated carbocycles. The number of hydrogen-bond acceptors (Lipinski definition) is 3. The fourth-order valence-corrected chi connectivity index (χ4v) is 1.91. The van der Waals surface area contributed by atoms with Crippen molar-refractivity contribution in [3.8, 4) is 11.8 Å². The highest BCUT2D eigenvalue weighted by Gasteiger charge is 2.14. The van der Waals surface area contributed by atoms with Gasteiger partial charge < -0.3 is 10.5 Å². The summed E-state index contributed by atoms with van der Waals surface area (Å²) in [6, 6.07) is 16.9. The summed E-state index contributed by atoms with van der Waals surface area (Å²) >= 11 is 0. The van der Waals surface area contributed by atoms with Crippen molar-refractivity contribution in [3.63, 3.8) is 0 Å². The van der Waals surface area contributed by atoms with Gasteiger partial charge in [-0.3, -0.25) is 0 Å². The molecule has 0 aliphatic carbocycles. The molecule has 0 saturated heterocycles. The average molecular weight is 286 g/mol. The second kappa shape index (κ2) is 6.53. The van der Waals surface area contributed by atoms with Gasteiger partial charge in [0.1, 0.15) is 11.8 Å². The average Bonchev–Trinajstić information content (AvgIpc) is 2.49.